The first kappa shape index (κ1) is 7.18. The molecule has 0 amide bonds. The third-order valence-corrected chi connectivity index (χ3v) is 1.81. The quantitative estimate of drug-likeness (QED) is 0.680. The van der Waals surface area contributed by atoms with E-state index in [0.717, 1.165) is 16.5 Å². The van der Waals surface area contributed by atoms with Gasteiger partial charge in [-0.15, -0.1) is 0 Å². The second-order valence-electron chi connectivity index (χ2n) is 2.53. The number of aliphatic hydroxyl groups excluding tert-OH is 1. The van der Waals surface area contributed by atoms with E-state index < -0.39 is 0 Å². The normalized spacial score (nSPS) is 10.4. The van der Waals surface area contributed by atoms with Crippen molar-refractivity contribution in [3.8, 4) is 0 Å². The number of rotatable bonds is 1. The van der Waals surface area contributed by atoms with Gasteiger partial charge in [-0.1, -0.05) is 12.1 Å². The molecular weight excluding hydrogens is 152 g/mol. The summed E-state index contributed by atoms with van der Waals surface area (Å²) >= 11 is 0. The molecule has 1 heterocycles. The minimum atomic E-state index is 0.0325. The smallest absolute Gasteiger partial charge is 0.116 e. The van der Waals surface area contributed by atoms with E-state index in [2.05, 4.69) is 9.97 Å². The van der Waals surface area contributed by atoms with Crippen LogP contribution >= 0.6 is 0 Å². The first-order chi connectivity index (χ1) is 5.92. The summed E-state index contributed by atoms with van der Waals surface area (Å²) in [5, 5.41) is 9.90. The van der Waals surface area contributed by atoms with Crippen molar-refractivity contribution in [2.45, 2.75) is 6.61 Å². The van der Waals surface area contributed by atoms with Gasteiger partial charge in [0, 0.05) is 11.6 Å². The van der Waals surface area contributed by atoms with Gasteiger partial charge in [-0.3, -0.25) is 0 Å². The second kappa shape index (κ2) is 2.87. The fraction of sp³-hybridized carbons (Fsp3) is 0.111. The van der Waals surface area contributed by atoms with Crippen molar-refractivity contribution in [2.75, 3.05) is 0 Å². The highest BCUT2D eigenvalue weighted by molar-refractivity contribution is 5.80. The molecule has 0 aliphatic carbocycles. The SMILES string of the molecule is OCc1cccc2ncncc12. The van der Waals surface area contributed by atoms with Crippen LogP contribution in [0.3, 0.4) is 0 Å². The molecule has 1 N–H and O–H groups in total. The van der Waals surface area contributed by atoms with Gasteiger partial charge >= 0.3 is 0 Å². The van der Waals surface area contributed by atoms with Gasteiger partial charge in [0.05, 0.1) is 12.1 Å². The van der Waals surface area contributed by atoms with E-state index in [1.54, 1.807) is 6.20 Å². The molecule has 2 aromatic rings. The molecular formula is C9H8N2O. The third-order valence-electron chi connectivity index (χ3n) is 1.81. The summed E-state index contributed by atoms with van der Waals surface area (Å²) in [5.41, 5.74) is 1.74. The van der Waals surface area contributed by atoms with Crippen molar-refractivity contribution in [1.29, 1.82) is 0 Å². The van der Waals surface area contributed by atoms with Gasteiger partial charge in [0.15, 0.2) is 0 Å². The summed E-state index contributed by atoms with van der Waals surface area (Å²) in [4.78, 5) is 7.97. The van der Waals surface area contributed by atoms with Crippen LogP contribution in [-0.4, -0.2) is 15.1 Å². The van der Waals surface area contributed by atoms with Crippen LogP contribution in [0, 0.1) is 0 Å². The average molecular weight is 160 g/mol. The standard InChI is InChI=1S/C9H8N2O/c12-5-7-2-1-3-9-8(7)4-10-6-11-9/h1-4,6,12H,5H2. The predicted molar refractivity (Wildman–Crippen MR) is 45.5 cm³/mol. The molecule has 3 nitrogen and oxygen atoms in total. The van der Waals surface area contributed by atoms with Gasteiger partial charge < -0.3 is 5.11 Å². The van der Waals surface area contributed by atoms with E-state index in [-0.39, 0.29) is 6.61 Å². The maximum absolute atomic E-state index is 8.98. The van der Waals surface area contributed by atoms with Crippen molar-refractivity contribution in [2.24, 2.45) is 0 Å². The van der Waals surface area contributed by atoms with Crippen LogP contribution < -0.4 is 0 Å². The summed E-state index contributed by atoms with van der Waals surface area (Å²) in [6.45, 7) is 0.0325. The van der Waals surface area contributed by atoms with Crippen LogP contribution in [0.2, 0.25) is 0 Å². The molecule has 0 atom stereocenters. The van der Waals surface area contributed by atoms with Crippen molar-refractivity contribution in [3.63, 3.8) is 0 Å². The van der Waals surface area contributed by atoms with E-state index in [1.807, 2.05) is 18.2 Å². The first-order valence-electron chi connectivity index (χ1n) is 3.70. The molecule has 0 fully saturated rings. The lowest BCUT2D eigenvalue weighted by Gasteiger charge is -2.00. The molecule has 0 saturated heterocycles. The minimum absolute atomic E-state index is 0.0325. The van der Waals surface area contributed by atoms with Crippen molar-refractivity contribution in [3.05, 3.63) is 36.3 Å². The highest BCUT2D eigenvalue weighted by Gasteiger charge is 1.98. The van der Waals surface area contributed by atoms with Crippen LogP contribution in [0.25, 0.3) is 10.9 Å². The minimum Gasteiger partial charge on any atom is -0.392 e. The second-order valence-corrected chi connectivity index (χ2v) is 2.53. The van der Waals surface area contributed by atoms with Gasteiger partial charge in [0.1, 0.15) is 6.33 Å². The Bertz CT molecular complexity index is 395. The van der Waals surface area contributed by atoms with Crippen LogP contribution in [0.5, 0.6) is 0 Å². The summed E-state index contributed by atoms with van der Waals surface area (Å²) in [5.74, 6) is 0. The van der Waals surface area contributed by atoms with Gasteiger partial charge in [-0.2, -0.15) is 0 Å². The van der Waals surface area contributed by atoms with Crippen LogP contribution in [0.1, 0.15) is 5.56 Å². The molecule has 0 spiro atoms. The summed E-state index contributed by atoms with van der Waals surface area (Å²) < 4.78 is 0. The van der Waals surface area contributed by atoms with Crippen molar-refractivity contribution < 1.29 is 5.11 Å². The molecule has 1 aromatic carbocycles. The van der Waals surface area contributed by atoms with Gasteiger partial charge in [-0.25, -0.2) is 9.97 Å². The van der Waals surface area contributed by atoms with E-state index in [9.17, 15) is 0 Å². The van der Waals surface area contributed by atoms with Crippen LogP contribution in [0.4, 0.5) is 0 Å². The van der Waals surface area contributed by atoms with Gasteiger partial charge in [-0.05, 0) is 11.6 Å². The Labute approximate surface area is 69.7 Å². The number of nitrogens with zero attached hydrogens (tertiary/aromatic N) is 2. The maximum Gasteiger partial charge on any atom is 0.116 e. The number of aliphatic hydroxyl groups is 1. The Morgan fingerprint density at radius 2 is 2.25 bits per heavy atom. The predicted octanol–water partition coefficient (Wildman–Crippen LogP) is 1.12. The molecule has 0 aliphatic rings. The van der Waals surface area contributed by atoms with E-state index in [1.165, 1.54) is 6.33 Å². The number of benzene rings is 1. The van der Waals surface area contributed by atoms with Gasteiger partial charge in [0.25, 0.3) is 0 Å². The maximum atomic E-state index is 8.98. The molecule has 1 aromatic heterocycles. The summed E-state index contributed by atoms with van der Waals surface area (Å²) in [6.07, 6.45) is 3.22. The van der Waals surface area contributed by atoms with E-state index in [4.69, 9.17) is 5.11 Å². The Morgan fingerprint density at radius 3 is 3.08 bits per heavy atom. The highest BCUT2D eigenvalue weighted by atomic mass is 16.3. The van der Waals surface area contributed by atoms with Crippen molar-refractivity contribution in [1.82, 2.24) is 9.97 Å². The molecule has 0 saturated carbocycles. The van der Waals surface area contributed by atoms with Gasteiger partial charge in [0.2, 0.25) is 0 Å². The molecule has 0 aliphatic heterocycles. The topological polar surface area (TPSA) is 46.0 Å². The molecule has 0 bridgehead atoms. The lowest BCUT2D eigenvalue weighted by Crippen LogP contribution is -1.87. The molecule has 2 rings (SSSR count). The highest BCUT2D eigenvalue weighted by Crippen LogP contribution is 2.14. The van der Waals surface area contributed by atoms with Crippen LogP contribution in [0.15, 0.2) is 30.7 Å². The monoisotopic (exact) mass is 160 g/mol. The summed E-state index contributed by atoms with van der Waals surface area (Å²) in [7, 11) is 0. The Morgan fingerprint density at radius 1 is 1.33 bits per heavy atom. The lowest BCUT2D eigenvalue weighted by molar-refractivity contribution is 0.283. The zero-order chi connectivity index (χ0) is 8.39. The molecule has 12 heavy (non-hydrogen) atoms. The zero-order valence-electron chi connectivity index (χ0n) is 6.44. The fourth-order valence-corrected chi connectivity index (χ4v) is 1.20. The van der Waals surface area contributed by atoms with E-state index in [0.29, 0.717) is 0 Å². The fourth-order valence-electron chi connectivity index (χ4n) is 1.20. The van der Waals surface area contributed by atoms with Crippen LogP contribution in [-0.2, 0) is 6.61 Å². The van der Waals surface area contributed by atoms with Crippen molar-refractivity contribution >= 4 is 10.9 Å². The zero-order valence-corrected chi connectivity index (χ0v) is 6.44. The largest absolute Gasteiger partial charge is 0.392 e. The Balaban J connectivity index is 2.79. The number of fused-ring (bicyclic) bond motifs is 1. The van der Waals surface area contributed by atoms with E-state index >= 15 is 0 Å². The Kier molecular flexibility index (Phi) is 1.72. The molecule has 3 heteroatoms. The molecule has 60 valence electrons. The molecule has 0 radical (unpaired) electrons. The number of hydrogen-bond donors (Lipinski definition) is 1. The number of aromatic nitrogens is 2. The number of hydrogen-bond acceptors (Lipinski definition) is 3. The first-order valence-corrected chi connectivity index (χ1v) is 3.70. The third kappa shape index (κ3) is 1.04. The average Bonchev–Trinajstić information content (AvgIpc) is 2.17. The summed E-state index contributed by atoms with van der Waals surface area (Å²) in [6, 6.07) is 5.64. The lowest BCUT2D eigenvalue weighted by atomic mass is 10.1. The Hall–Kier alpha value is -1.48. The molecule has 0 unspecified atom stereocenters.